The Morgan fingerprint density at radius 3 is 3.12 bits per heavy atom. The predicted molar refractivity (Wildman–Crippen MR) is 62.0 cm³/mol. The van der Waals surface area contributed by atoms with Crippen LogP contribution < -0.4 is 10.1 Å². The smallest absolute Gasteiger partial charge is 0.239 e. The minimum Gasteiger partial charge on any atom is -0.494 e. The minimum absolute atomic E-state index is 0.0907. The van der Waals surface area contributed by atoms with Crippen molar-refractivity contribution in [2.45, 2.75) is 0 Å². The SMILES string of the molecule is COc1cc2[nH]ncc2cc1NC(=O)CCl. The summed E-state index contributed by atoms with van der Waals surface area (Å²) in [5.41, 5.74) is 1.43. The van der Waals surface area contributed by atoms with Gasteiger partial charge in [0, 0.05) is 11.5 Å². The van der Waals surface area contributed by atoms with E-state index in [4.69, 9.17) is 16.3 Å². The van der Waals surface area contributed by atoms with Crippen molar-refractivity contribution < 1.29 is 9.53 Å². The standard InChI is InChI=1S/C10H10ClN3O2/c1-16-9-3-7-6(5-12-14-7)2-8(9)13-10(15)4-11/h2-3,5H,4H2,1H3,(H,12,14)(H,13,15). The molecule has 0 aliphatic carbocycles. The third kappa shape index (κ3) is 1.94. The number of fused-ring (bicyclic) bond motifs is 1. The van der Waals surface area contributed by atoms with E-state index in [1.807, 2.05) is 0 Å². The number of amides is 1. The lowest BCUT2D eigenvalue weighted by Crippen LogP contribution is -2.13. The first-order valence-corrected chi connectivity index (χ1v) is 5.15. The molecule has 0 aliphatic rings. The number of ether oxygens (including phenoxy) is 1. The largest absolute Gasteiger partial charge is 0.494 e. The van der Waals surface area contributed by atoms with Crippen molar-refractivity contribution in [2.75, 3.05) is 18.3 Å². The third-order valence-electron chi connectivity index (χ3n) is 2.16. The lowest BCUT2D eigenvalue weighted by molar-refractivity contribution is -0.113. The molecule has 2 aromatic rings. The highest BCUT2D eigenvalue weighted by molar-refractivity contribution is 6.29. The van der Waals surface area contributed by atoms with Crippen molar-refractivity contribution in [3.05, 3.63) is 18.3 Å². The van der Waals surface area contributed by atoms with Crippen LogP contribution in [0.15, 0.2) is 18.3 Å². The zero-order valence-corrected chi connectivity index (χ0v) is 9.34. The maximum absolute atomic E-state index is 11.2. The topological polar surface area (TPSA) is 67.0 Å². The lowest BCUT2D eigenvalue weighted by atomic mass is 10.2. The van der Waals surface area contributed by atoms with Crippen molar-refractivity contribution >= 4 is 34.1 Å². The van der Waals surface area contributed by atoms with Gasteiger partial charge in [0.05, 0.1) is 24.5 Å². The molecule has 1 aromatic carbocycles. The van der Waals surface area contributed by atoms with Gasteiger partial charge < -0.3 is 10.1 Å². The van der Waals surface area contributed by atoms with E-state index in [2.05, 4.69) is 15.5 Å². The number of nitrogens with one attached hydrogen (secondary N) is 2. The van der Waals surface area contributed by atoms with Gasteiger partial charge in [-0.3, -0.25) is 9.89 Å². The Bertz CT molecular complexity index is 524. The van der Waals surface area contributed by atoms with Gasteiger partial charge in [-0.15, -0.1) is 11.6 Å². The number of aromatic nitrogens is 2. The van der Waals surface area contributed by atoms with Gasteiger partial charge in [-0.1, -0.05) is 0 Å². The molecule has 0 saturated carbocycles. The van der Waals surface area contributed by atoms with Crippen LogP contribution >= 0.6 is 11.6 Å². The molecule has 6 heteroatoms. The molecular weight excluding hydrogens is 230 g/mol. The number of carbonyl (C=O) groups excluding carboxylic acids is 1. The first-order valence-electron chi connectivity index (χ1n) is 4.61. The van der Waals surface area contributed by atoms with Crippen LogP contribution in [0.4, 0.5) is 5.69 Å². The van der Waals surface area contributed by atoms with Gasteiger partial charge in [0.15, 0.2) is 0 Å². The fraction of sp³-hybridized carbons (Fsp3) is 0.200. The van der Waals surface area contributed by atoms with E-state index in [-0.39, 0.29) is 11.8 Å². The number of hydrogen-bond donors (Lipinski definition) is 2. The van der Waals surface area contributed by atoms with E-state index in [0.29, 0.717) is 11.4 Å². The molecule has 0 spiro atoms. The number of anilines is 1. The van der Waals surface area contributed by atoms with Crippen molar-refractivity contribution in [1.29, 1.82) is 0 Å². The summed E-state index contributed by atoms with van der Waals surface area (Å²) in [6.07, 6.45) is 1.67. The van der Waals surface area contributed by atoms with E-state index in [9.17, 15) is 4.79 Å². The minimum atomic E-state index is -0.275. The molecule has 1 aromatic heterocycles. The van der Waals surface area contributed by atoms with Crippen LogP contribution in [0.5, 0.6) is 5.75 Å². The molecule has 0 bridgehead atoms. The number of halogens is 1. The van der Waals surface area contributed by atoms with Gasteiger partial charge in [-0.2, -0.15) is 5.10 Å². The van der Waals surface area contributed by atoms with Gasteiger partial charge in [0.1, 0.15) is 11.6 Å². The molecule has 84 valence electrons. The highest BCUT2D eigenvalue weighted by Crippen LogP contribution is 2.29. The van der Waals surface area contributed by atoms with Crippen LogP contribution in [0.2, 0.25) is 0 Å². The van der Waals surface area contributed by atoms with Gasteiger partial charge in [0.25, 0.3) is 0 Å². The fourth-order valence-electron chi connectivity index (χ4n) is 1.42. The Morgan fingerprint density at radius 1 is 1.62 bits per heavy atom. The summed E-state index contributed by atoms with van der Waals surface area (Å²) in [6, 6.07) is 3.55. The first-order chi connectivity index (χ1) is 7.74. The summed E-state index contributed by atoms with van der Waals surface area (Å²) < 4.78 is 5.16. The van der Waals surface area contributed by atoms with E-state index in [0.717, 1.165) is 10.9 Å². The Labute approximate surface area is 96.7 Å². The zero-order chi connectivity index (χ0) is 11.5. The molecule has 0 fully saturated rings. The van der Waals surface area contributed by atoms with E-state index < -0.39 is 0 Å². The number of nitrogens with zero attached hydrogens (tertiary/aromatic N) is 1. The van der Waals surface area contributed by atoms with Crippen molar-refractivity contribution in [3.8, 4) is 5.75 Å². The maximum atomic E-state index is 11.2. The van der Waals surface area contributed by atoms with Gasteiger partial charge in [0.2, 0.25) is 5.91 Å². The normalized spacial score (nSPS) is 10.4. The summed E-state index contributed by atoms with van der Waals surface area (Å²) in [5, 5.41) is 10.3. The summed E-state index contributed by atoms with van der Waals surface area (Å²) in [6.45, 7) is 0. The van der Waals surface area contributed by atoms with Crippen LogP contribution in [-0.2, 0) is 4.79 Å². The number of rotatable bonds is 3. The Hall–Kier alpha value is -1.75. The lowest BCUT2D eigenvalue weighted by Gasteiger charge is -2.09. The molecule has 16 heavy (non-hydrogen) atoms. The molecule has 1 amide bonds. The third-order valence-corrected chi connectivity index (χ3v) is 2.40. The molecule has 5 nitrogen and oxygen atoms in total. The van der Waals surface area contributed by atoms with Crippen molar-refractivity contribution in [3.63, 3.8) is 0 Å². The predicted octanol–water partition coefficient (Wildman–Crippen LogP) is 1.75. The number of alkyl halides is 1. The molecule has 0 atom stereocenters. The fourth-order valence-corrected chi connectivity index (χ4v) is 1.49. The zero-order valence-electron chi connectivity index (χ0n) is 8.58. The molecule has 0 radical (unpaired) electrons. The second kappa shape index (κ2) is 4.40. The van der Waals surface area contributed by atoms with E-state index >= 15 is 0 Å². The Kier molecular flexibility index (Phi) is 2.96. The second-order valence-corrected chi connectivity index (χ2v) is 3.46. The number of hydrogen-bond acceptors (Lipinski definition) is 3. The highest BCUT2D eigenvalue weighted by atomic mass is 35.5. The average molecular weight is 240 g/mol. The molecule has 2 N–H and O–H groups in total. The van der Waals surface area contributed by atoms with Crippen molar-refractivity contribution in [1.82, 2.24) is 10.2 Å². The van der Waals surface area contributed by atoms with Crippen molar-refractivity contribution in [2.24, 2.45) is 0 Å². The van der Waals surface area contributed by atoms with Crippen LogP contribution in [0.25, 0.3) is 10.9 Å². The molecule has 0 saturated heterocycles. The number of methoxy groups -OCH3 is 1. The quantitative estimate of drug-likeness (QED) is 0.802. The number of H-pyrrole nitrogens is 1. The van der Waals surface area contributed by atoms with Crippen LogP contribution in [0.1, 0.15) is 0 Å². The number of aromatic amines is 1. The van der Waals surface area contributed by atoms with E-state index in [1.165, 1.54) is 7.11 Å². The molecule has 1 heterocycles. The molecular formula is C10H10ClN3O2. The molecule has 0 aliphatic heterocycles. The summed E-state index contributed by atoms with van der Waals surface area (Å²) in [4.78, 5) is 11.2. The monoisotopic (exact) mass is 239 g/mol. The Balaban J connectivity index is 2.44. The molecule has 2 rings (SSSR count). The summed E-state index contributed by atoms with van der Waals surface area (Å²) >= 11 is 5.42. The Morgan fingerprint density at radius 2 is 2.44 bits per heavy atom. The second-order valence-electron chi connectivity index (χ2n) is 3.19. The van der Waals surface area contributed by atoms with Gasteiger partial charge >= 0.3 is 0 Å². The first kappa shape index (κ1) is 10.8. The number of benzene rings is 1. The highest BCUT2D eigenvalue weighted by Gasteiger charge is 2.09. The van der Waals surface area contributed by atoms with Gasteiger partial charge in [-0.05, 0) is 6.07 Å². The average Bonchev–Trinajstić information content (AvgIpc) is 2.74. The van der Waals surface area contributed by atoms with Crippen LogP contribution in [0.3, 0.4) is 0 Å². The van der Waals surface area contributed by atoms with Crippen LogP contribution in [0, 0.1) is 0 Å². The van der Waals surface area contributed by atoms with E-state index in [1.54, 1.807) is 18.3 Å². The summed E-state index contributed by atoms with van der Waals surface area (Å²) in [7, 11) is 1.54. The number of carbonyl (C=O) groups is 1. The maximum Gasteiger partial charge on any atom is 0.239 e. The van der Waals surface area contributed by atoms with Gasteiger partial charge in [-0.25, -0.2) is 0 Å². The van der Waals surface area contributed by atoms with Crippen LogP contribution in [-0.4, -0.2) is 29.1 Å². The summed E-state index contributed by atoms with van der Waals surface area (Å²) in [5.74, 6) is 0.199. The molecule has 0 unspecified atom stereocenters.